The maximum Gasteiger partial charge on any atom is 0.305 e. The molecule has 0 unspecified atom stereocenters. The minimum absolute atomic E-state index is 0.219. The van der Waals surface area contributed by atoms with Crippen LogP contribution in [0.1, 0.15) is 76.7 Å². The summed E-state index contributed by atoms with van der Waals surface area (Å²) in [7, 11) is 0. The van der Waals surface area contributed by atoms with Gasteiger partial charge in [-0.2, -0.15) is 0 Å². The van der Waals surface area contributed by atoms with E-state index in [1.54, 1.807) is 0 Å². The van der Waals surface area contributed by atoms with Gasteiger partial charge in [-0.1, -0.05) is 73.5 Å². The van der Waals surface area contributed by atoms with Gasteiger partial charge in [-0.3, -0.25) is 9.59 Å². The van der Waals surface area contributed by atoms with E-state index in [-0.39, 0.29) is 24.8 Å². The van der Waals surface area contributed by atoms with Gasteiger partial charge in [0.25, 0.3) is 0 Å². The van der Waals surface area contributed by atoms with Crippen molar-refractivity contribution >= 4 is 27.9 Å². The Hall–Kier alpha value is -1.36. The number of rotatable bonds is 15. The van der Waals surface area contributed by atoms with Crippen molar-refractivity contribution in [3.63, 3.8) is 0 Å². The summed E-state index contributed by atoms with van der Waals surface area (Å²) >= 11 is 3.39. The zero-order valence-corrected chi connectivity index (χ0v) is 18.1. The summed E-state index contributed by atoms with van der Waals surface area (Å²) < 4.78 is 11.4. The van der Waals surface area contributed by atoms with Gasteiger partial charge in [-0.15, -0.1) is 0 Å². The second-order valence-corrected chi connectivity index (χ2v) is 7.71. The van der Waals surface area contributed by atoms with Gasteiger partial charge in [0.1, 0.15) is 0 Å². The lowest BCUT2D eigenvalue weighted by Gasteiger charge is -2.06. The van der Waals surface area contributed by atoms with Crippen molar-refractivity contribution in [2.45, 2.75) is 77.6 Å². The van der Waals surface area contributed by atoms with E-state index in [2.05, 4.69) is 22.9 Å². The van der Waals surface area contributed by atoms with Crippen LogP contribution in [0.25, 0.3) is 0 Å². The number of hydrogen-bond donors (Lipinski definition) is 0. The van der Waals surface area contributed by atoms with E-state index in [0.717, 1.165) is 22.9 Å². The summed E-state index contributed by atoms with van der Waals surface area (Å²) in [4.78, 5) is 23.3. The first-order chi connectivity index (χ1) is 13.1. The van der Waals surface area contributed by atoms with Crippen molar-refractivity contribution in [1.29, 1.82) is 0 Å². The first kappa shape index (κ1) is 23.7. The Morgan fingerprint density at radius 2 is 1.33 bits per heavy atom. The lowest BCUT2D eigenvalue weighted by Crippen LogP contribution is -2.10. The third-order valence-electron chi connectivity index (χ3n) is 4.34. The van der Waals surface area contributed by atoms with E-state index in [1.165, 1.54) is 32.1 Å². The fourth-order valence-electron chi connectivity index (χ4n) is 2.70. The maximum atomic E-state index is 11.7. The minimum atomic E-state index is -0.257. The predicted octanol–water partition coefficient (Wildman–Crippen LogP) is 6.00. The maximum absolute atomic E-state index is 11.7. The fourth-order valence-corrected chi connectivity index (χ4v) is 2.96. The molecule has 0 N–H and O–H groups in total. The Morgan fingerprint density at radius 3 is 1.96 bits per heavy atom. The van der Waals surface area contributed by atoms with E-state index in [9.17, 15) is 9.59 Å². The highest BCUT2D eigenvalue weighted by molar-refractivity contribution is 9.10. The number of ether oxygens (including phenoxy) is 2. The molecular formula is C22H33BrO4. The molecule has 5 heteroatoms. The van der Waals surface area contributed by atoms with Gasteiger partial charge in [-0.05, 0) is 30.5 Å². The second kappa shape index (κ2) is 15.7. The van der Waals surface area contributed by atoms with Gasteiger partial charge in [-0.25, -0.2) is 0 Å². The predicted molar refractivity (Wildman–Crippen MR) is 112 cm³/mol. The van der Waals surface area contributed by atoms with Crippen LogP contribution < -0.4 is 0 Å². The molecule has 0 amide bonds. The number of halogens is 1. The molecule has 0 radical (unpaired) electrons. The van der Waals surface area contributed by atoms with E-state index in [1.807, 2.05) is 24.3 Å². The van der Waals surface area contributed by atoms with Gasteiger partial charge in [0.2, 0.25) is 0 Å². The summed E-state index contributed by atoms with van der Waals surface area (Å²) in [5.74, 6) is -0.476. The molecule has 0 heterocycles. The molecule has 0 aromatic heterocycles. The third kappa shape index (κ3) is 13.5. The van der Waals surface area contributed by atoms with Crippen molar-refractivity contribution in [2.24, 2.45) is 0 Å². The average Bonchev–Trinajstić information content (AvgIpc) is 2.65. The summed E-state index contributed by atoms with van der Waals surface area (Å²) in [6.07, 6.45) is 10.1. The smallest absolute Gasteiger partial charge is 0.305 e. The molecule has 152 valence electrons. The largest absolute Gasteiger partial charge is 0.466 e. The lowest BCUT2D eigenvalue weighted by atomic mass is 10.1. The Kier molecular flexibility index (Phi) is 13.7. The molecule has 1 aromatic carbocycles. The van der Waals surface area contributed by atoms with Crippen LogP contribution in [0.5, 0.6) is 0 Å². The first-order valence-corrected chi connectivity index (χ1v) is 11.0. The highest BCUT2D eigenvalue weighted by Gasteiger charge is 2.07. The Labute approximate surface area is 172 Å². The summed E-state index contributed by atoms with van der Waals surface area (Å²) in [6.45, 7) is 3.07. The van der Waals surface area contributed by atoms with Gasteiger partial charge in [0.15, 0.2) is 0 Å². The van der Waals surface area contributed by atoms with Crippen LogP contribution in [-0.2, 0) is 25.5 Å². The molecule has 0 aliphatic rings. The molecule has 27 heavy (non-hydrogen) atoms. The van der Waals surface area contributed by atoms with E-state index >= 15 is 0 Å². The van der Waals surface area contributed by atoms with Gasteiger partial charge in [0.05, 0.1) is 13.2 Å². The monoisotopic (exact) mass is 440 g/mol. The van der Waals surface area contributed by atoms with Crippen LogP contribution in [0.4, 0.5) is 0 Å². The molecule has 0 saturated heterocycles. The Morgan fingerprint density at radius 1 is 0.778 bits per heavy atom. The van der Waals surface area contributed by atoms with Crippen molar-refractivity contribution in [1.82, 2.24) is 0 Å². The van der Waals surface area contributed by atoms with Crippen molar-refractivity contribution in [3.8, 4) is 0 Å². The highest BCUT2D eigenvalue weighted by Crippen LogP contribution is 2.11. The van der Waals surface area contributed by atoms with E-state index < -0.39 is 0 Å². The number of unbranched alkanes of at least 4 members (excludes halogenated alkanes) is 6. The van der Waals surface area contributed by atoms with E-state index in [4.69, 9.17) is 9.47 Å². The molecule has 1 rings (SSSR count). The van der Waals surface area contributed by atoms with Crippen LogP contribution in [0.2, 0.25) is 0 Å². The zero-order chi connectivity index (χ0) is 19.7. The molecule has 0 fully saturated rings. The number of carbonyl (C=O) groups excluding carboxylic acids is 2. The normalized spacial score (nSPS) is 10.6. The van der Waals surface area contributed by atoms with Crippen LogP contribution in [-0.4, -0.2) is 25.2 Å². The number of benzene rings is 1. The lowest BCUT2D eigenvalue weighted by molar-refractivity contribution is -0.145. The van der Waals surface area contributed by atoms with Crippen LogP contribution in [0.3, 0.4) is 0 Å². The molecule has 1 aromatic rings. The van der Waals surface area contributed by atoms with Gasteiger partial charge < -0.3 is 9.47 Å². The van der Waals surface area contributed by atoms with Crippen LogP contribution >= 0.6 is 15.9 Å². The number of hydrogen-bond acceptors (Lipinski definition) is 4. The summed E-state index contributed by atoms with van der Waals surface area (Å²) in [6, 6.07) is 7.93. The van der Waals surface area contributed by atoms with Crippen molar-refractivity contribution in [3.05, 3.63) is 34.3 Å². The minimum Gasteiger partial charge on any atom is -0.466 e. The second-order valence-electron chi connectivity index (χ2n) is 6.79. The van der Waals surface area contributed by atoms with Gasteiger partial charge >= 0.3 is 11.9 Å². The summed E-state index contributed by atoms with van der Waals surface area (Å²) in [5, 5.41) is 0. The van der Waals surface area contributed by atoms with Crippen LogP contribution in [0, 0.1) is 0 Å². The quantitative estimate of drug-likeness (QED) is 0.248. The molecule has 0 aliphatic heterocycles. The van der Waals surface area contributed by atoms with Crippen LogP contribution in [0.15, 0.2) is 28.7 Å². The number of esters is 2. The summed E-state index contributed by atoms with van der Waals surface area (Å²) in [5.41, 5.74) is 1.12. The topological polar surface area (TPSA) is 52.6 Å². The molecule has 0 saturated carbocycles. The molecule has 0 bridgehead atoms. The van der Waals surface area contributed by atoms with Crippen molar-refractivity contribution < 1.29 is 19.1 Å². The zero-order valence-electron chi connectivity index (χ0n) is 16.5. The van der Waals surface area contributed by atoms with Gasteiger partial charge in [0, 0.05) is 23.7 Å². The molecule has 4 nitrogen and oxygen atoms in total. The SMILES string of the molecule is CCCCCCCCCOC(=O)CCCC(=O)OCCc1ccc(Br)cc1. The molecular weight excluding hydrogens is 408 g/mol. The standard InChI is InChI=1S/C22H33BrO4/c1-2-3-4-5-6-7-8-17-26-21(24)10-9-11-22(25)27-18-16-19-12-14-20(23)15-13-19/h12-15H,2-11,16-18H2,1H3. The number of carbonyl (C=O) groups is 2. The molecule has 0 atom stereocenters. The first-order valence-electron chi connectivity index (χ1n) is 10.2. The molecule has 0 aliphatic carbocycles. The Bertz CT molecular complexity index is 528. The highest BCUT2D eigenvalue weighted by atomic mass is 79.9. The average molecular weight is 441 g/mol. The molecule has 0 spiro atoms. The van der Waals surface area contributed by atoms with Crippen molar-refractivity contribution in [2.75, 3.05) is 13.2 Å². The Balaban J connectivity index is 1.94. The van der Waals surface area contributed by atoms with E-state index in [0.29, 0.717) is 26.1 Å². The third-order valence-corrected chi connectivity index (χ3v) is 4.87. The fraction of sp³-hybridized carbons (Fsp3) is 0.636.